The number of likely N-dealkylation sites (tertiary alicyclic amines) is 1. The Morgan fingerprint density at radius 2 is 1.96 bits per heavy atom. The van der Waals surface area contributed by atoms with Crippen LogP contribution in [-0.2, 0) is 6.18 Å². The molecular formula is C16H20F4N2O. The van der Waals surface area contributed by atoms with Crippen LogP contribution in [0.4, 0.5) is 17.6 Å². The van der Waals surface area contributed by atoms with E-state index in [4.69, 9.17) is 0 Å². The SMILES string of the molecule is CC(C)N1C[C@@H](C)[C@H](NC(=O)c2ccc(F)cc2C(F)(F)F)C1. The molecular weight excluding hydrogens is 312 g/mol. The van der Waals surface area contributed by atoms with Gasteiger partial charge in [-0.2, -0.15) is 13.2 Å². The minimum Gasteiger partial charge on any atom is -0.348 e. The molecule has 0 saturated carbocycles. The van der Waals surface area contributed by atoms with Gasteiger partial charge in [-0.1, -0.05) is 6.92 Å². The van der Waals surface area contributed by atoms with Gasteiger partial charge in [-0.05, 0) is 38.0 Å². The van der Waals surface area contributed by atoms with E-state index >= 15 is 0 Å². The molecule has 1 aromatic carbocycles. The van der Waals surface area contributed by atoms with E-state index in [1.165, 1.54) is 0 Å². The molecule has 0 aliphatic carbocycles. The van der Waals surface area contributed by atoms with Crippen molar-refractivity contribution in [1.82, 2.24) is 10.2 Å². The zero-order valence-corrected chi connectivity index (χ0v) is 13.2. The number of hydrogen-bond donors (Lipinski definition) is 1. The van der Waals surface area contributed by atoms with E-state index in [9.17, 15) is 22.4 Å². The van der Waals surface area contributed by atoms with Crippen LogP contribution >= 0.6 is 0 Å². The molecule has 2 rings (SSSR count). The third kappa shape index (κ3) is 4.02. The van der Waals surface area contributed by atoms with Crippen LogP contribution in [0.1, 0.15) is 36.7 Å². The Labute approximate surface area is 132 Å². The average Bonchev–Trinajstić information content (AvgIpc) is 2.79. The monoisotopic (exact) mass is 332 g/mol. The van der Waals surface area contributed by atoms with Crippen molar-refractivity contribution in [1.29, 1.82) is 0 Å². The van der Waals surface area contributed by atoms with Gasteiger partial charge in [-0.25, -0.2) is 4.39 Å². The van der Waals surface area contributed by atoms with E-state index in [0.29, 0.717) is 18.7 Å². The second kappa shape index (κ2) is 6.47. The predicted molar refractivity (Wildman–Crippen MR) is 78.5 cm³/mol. The lowest BCUT2D eigenvalue weighted by molar-refractivity contribution is -0.138. The summed E-state index contributed by atoms with van der Waals surface area (Å²) < 4.78 is 52.1. The van der Waals surface area contributed by atoms with Crippen molar-refractivity contribution in [2.75, 3.05) is 13.1 Å². The summed E-state index contributed by atoms with van der Waals surface area (Å²) in [6, 6.07) is 2.18. The maximum atomic E-state index is 13.1. The number of halogens is 4. The van der Waals surface area contributed by atoms with E-state index in [0.717, 1.165) is 18.7 Å². The molecule has 7 heteroatoms. The van der Waals surface area contributed by atoms with Crippen molar-refractivity contribution in [3.05, 3.63) is 35.1 Å². The third-order valence-electron chi connectivity index (χ3n) is 4.22. The lowest BCUT2D eigenvalue weighted by Gasteiger charge is -2.21. The lowest BCUT2D eigenvalue weighted by atomic mass is 10.0. The second-order valence-corrected chi connectivity index (χ2v) is 6.29. The molecule has 0 unspecified atom stereocenters. The van der Waals surface area contributed by atoms with Crippen LogP contribution in [0.3, 0.4) is 0 Å². The van der Waals surface area contributed by atoms with Crippen molar-refractivity contribution < 1.29 is 22.4 Å². The highest BCUT2D eigenvalue weighted by Gasteiger charge is 2.37. The topological polar surface area (TPSA) is 32.3 Å². The number of hydrogen-bond acceptors (Lipinski definition) is 2. The maximum absolute atomic E-state index is 13.1. The van der Waals surface area contributed by atoms with Crippen LogP contribution in [0.25, 0.3) is 0 Å². The predicted octanol–water partition coefficient (Wildman–Crippen LogP) is 3.30. The van der Waals surface area contributed by atoms with Gasteiger partial charge >= 0.3 is 6.18 Å². The fourth-order valence-electron chi connectivity index (χ4n) is 2.81. The summed E-state index contributed by atoms with van der Waals surface area (Å²) in [5, 5.41) is 2.66. The molecule has 128 valence electrons. The molecule has 0 bridgehead atoms. The Balaban J connectivity index is 2.19. The highest BCUT2D eigenvalue weighted by molar-refractivity contribution is 5.96. The Kier molecular flexibility index (Phi) is 4.98. The van der Waals surface area contributed by atoms with E-state index < -0.39 is 29.0 Å². The summed E-state index contributed by atoms with van der Waals surface area (Å²) in [5.41, 5.74) is -1.80. The normalized spacial score (nSPS) is 22.6. The van der Waals surface area contributed by atoms with Crippen LogP contribution in [0.15, 0.2) is 18.2 Å². The largest absolute Gasteiger partial charge is 0.417 e. The summed E-state index contributed by atoms with van der Waals surface area (Å²) in [4.78, 5) is 14.4. The molecule has 0 spiro atoms. The van der Waals surface area contributed by atoms with Gasteiger partial charge in [0.25, 0.3) is 5.91 Å². The number of rotatable bonds is 3. The van der Waals surface area contributed by atoms with Gasteiger partial charge in [-0.3, -0.25) is 9.69 Å². The highest BCUT2D eigenvalue weighted by Crippen LogP contribution is 2.32. The first-order valence-electron chi connectivity index (χ1n) is 7.51. The summed E-state index contributed by atoms with van der Waals surface area (Å²) in [5.74, 6) is -1.70. The van der Waals surface area contributed by atoms with Gasteiger partial charge in [0.15, 0.2) is 0 Å². The molecule has 3 nitrogen and oxygen atoms in total. The van der Waals surface area contributed by atoms with Crippen LogP contribution in [-0.4, -0.2) is 36.0 Å². The van der Waals surface area contributed by atoms with Gasteiger partial charge < -0.3 is 5.32 Å². The second-order valence-electron chi connectivity index (χ2n) is 6.29. The Hall–Kier alpha value is -1.63. The number of benzene rings is 1. The Bertz CT molecular complexity index is 586. The molecule has 1 N–H and O–H groups in total. The highest BCUT2D eigenvalue weighted by atomic mass is 19.4. The van der Waals surface area contributed by atoms with Gasteiger partial charge in [0, 0.05) is 25.2 Å². The van der Waals surface area contributed by atoms with Gasteiger partial charge in [0.05, 0.1) is 11.1 Å². The summed E-state index contributed by atoms with van der Waals surface area (Å²) >= 11 is 0. The zero-order chi connectivity index (χ0) is 17.4. The molecule has 1 saturated heterocycles. The summed E-state index contributed by atoms with van der Waals surface area (Å²) in [6.45, 7) is 7.37. The quantitative estimate of drug-likeness (QED) is 0.862. The summed E-state index contributed by atoms with van der Waals surface area (Å²) in [7, 11) is 0. The van der Waals surface area contributed by atoms with Crippen LogP contribution in [0, 0.1) is 11.7 Å². The molecule has 1 amide bonds. The van der Waals surface area contributed by atoms with Crippen molar-refractivity contribution in [3.63, 3.8) is 0 Å². The van der Waals surface area contributed by atoms with E-state index in [1.54, 1.807) is 0 Å². The molecule has 1 heterocycles. The minimum absolute atomic E-state index is 0.135. The third-order valence-corrected chi connectivity index (χ3v) is 4.22. The number of nitrogens with one attached hydrogen (secondary N) is 1. The summed E-state index contributed by atoms with van der Waals surface area (Å²) in [6.07, 6.45) is -4.78. The first-order chi connectivity index (χ1) is 10.6. The van der Waals surface area contributed by atoms with E-state index in [1.807, 2.05) is 20.8 Å². The molecule has 2 atom stereocenters. The van der Waals surface area contributed by atoms with Crippen LogP contribution < -0.4 is 5.32 Å². The zero-order valence-electron chi connectivity index (χ0n) is 13.2. The van der Waals surface area contributed by atoms with Gasteiger partial charge in [0.1, 0.15) is 5.82 Å². The van der Waals surface area contributed by atoms with E-state index in [2.05, 4.69) is 10.2 Å². The lowest BCUT2D eigenvalue weighted by Crippen LogP contribution is -2.41. The van der Waals surface area contributed by atoms with Crippen molar-refractivity contribution in [2.45, 2.75) is 39.0 Å². The fraction of sp³-hybridized carbons (Fsp3) is 0.562. The fourth-order valence-corrected chi connectivity index (χ4v) is 2.81. The standard InChI is InChI=1S/C16H20F4N2O/c1-9(2)22-7-10(3)14(8-22)21-15(23)12-5-4-11(17)6-13(12)16(18,19)20/h4-6,9-10,14H,7-8H2,1-3H3,(H,21,23)/t10-,14-/m1/s1. The van der Waals surface area contributed by atoms with Crippen molar-refractivity contribution >= 4 is 5.91 Å². The van der Waals surface area contributed by atoms with Crippen molar-refractivity contribution in [3.8, 4) is 0 Å². The Morgan fingerprint density at radius 1 is 1.30 bits per heavy atom. The average molecular weight is 332 g/mol. The molecule has 1 fully saturated rings. The molecule has 0 aromatic heterocycles. The molecule has 23 heavy (non-hydrogen) atoms. The van der Waals surface area contributed by atoms with Gasteiger partial charge in [-0.15, -0.1) is 0 Å². The molecule has 0 radical (unpaired) electrons. The number of carbonyl (C=O) groups excluding carboxylic acids is 1. The number of nitrogens with zero attached hydrogens (tertiary/aromatic N) is 1. The molecule has 1 aliphatic rings. The van der Waals surface area contributed by atoms with Crippen LogP contribution in [0.2, 0.25) is 0 Å². The molecule has 1 aromatic rings. The smallest absolute Gasteiger partial charge is 0.348 e. The van der Waals surface area contributed by atoms with Crippen molar-refractivity contribution in [2.24, 2.45) is 5.92 Å². The molecule has 1 aliphatic heterocycles. The maximum Gasteiger partial charge on any atom is 0.417 e. The van der Waals surface area contributed by atoms with E-state index in [-0.39, 0.29) is 12.0 Å². The van der Waals surface area contributed by atoms with Crippen LogP contribution in [0.5, 0.6) is 0 Å². The first-order valence-corrected chi connectivity index (χ1v) is 7.51. The number of amides is 1. The minimum atomic E-state index is -4.78. The Morgan fingerprint density at radius 3 is 2.48 bits per heavy atom. The number of alkyl halides is 3. The first kappa shape index (κ1) is 17.7. The van der Waals surface area contributed by atoms with Gasteiger partial charge in [0.2, 0.25) is 0 Å². The number of carbonyl (C=O) groups is 1.